The lowest BCUT2D eigenvalue weighted by molar-refractivity contribution is 0.112. The van der Waals surface area contributed by atoms with Gasteiger partial charge in [0.05, 0.1) is 11.3 Å². The monoisotopic (exact) mass is 278 g/mol. The standard InChI is InChI=1S/C17H14N2O2/c1-13-6-5-7-15(10-13)19-11-14(12-20)17(18-19)21-16-8-3-2-4-9-16/h2-12H,1H3. The van der Waals surface area contributed by atoms with Crippen molar-refractivity contribution in [2.45, 2.75) is 6.92 Å². The van der Waals surface area contributed by atoms with E-state index in [1.165, 1.54) is 0 Å². The maximum absolute atomic E-state index is 11.2. The molecule has 3 rings (SSSR count). The lowest BCUT2D eigenvalue weighted by Crippen LogP contribution is -1.95. The van der Waals surface area contributed by atoms with Gasteiger partial charge in [-0.25, -0.2) is 4.68 Å². The predicted octanol–water partition coefficient (Wildman–Crippen LogP) is 3.79. The molecule has 3 aromatic rings. The Morgan fingerprint density at radius 2 is 1.90 bits per heavy atom. The van der Waals surface area contributed by atoms with Crippen LogP contribution in [0.25, 0.3) is 5.69 Å². The molecule has 0 saturated carbocycles. The van der Waals surface area contributed by atoms with E-state index in [9.17, 15) is 4.79 Å². The Morgan fingerprint density at radius 1 is 1.10 bits per heavy atom. The molecule has 0 atom stereocenters. The molecule has 1 heterocycles. The van der Waals surface area contributed by atoms with E-state index in [0.29, 0.717) is 17.2 Å². The minimum atomic E-state index is 0.303. The maximum Gasteiger partial charge on any atom is 0.249 e. The van der Waals surface area contributed by atoms with Gasteiger partial charge in [-0.15, -0.1) is 5.10 Å². The molecule has 0 aliphatic rings. The van der Waals surface area contributed by atoms with E-state index in [1.54, 1.807) is 10.9 Å². The Bertz CT molecular complexity index is 763. The Balaban J connectivity index is 1.97. The van der Waals surface area contributed by atoms with Crippen LogP contribution < -0.4 is 4.74 Å². The van der Waals surface area contributed by atoms with Gasteiger partial charge >= 0.3 is 0 Å². The number of aromatic nitrogens is 2. The fourth-order valence-electron chi connectivity index (χ4n) is 2.03. The normalized spacial score (nSPS) is 10.3. The number of para-hydroxylation sites is 1. The van der Waals surface area contributed by atoms with E-state index in [2.05, 4.69) is 5.10 Å². The molecule has 0 aliphatic heterocycles. The summed E-state index contributed by atoms with van der Waals surface area (Å²) in [5.41, 5.74) is 2.43. The first-order valence-electron chi connectivity index (χ1n) is 6.61. The molecule has 4 heteroatoms. The van der Waals surface area contributed by atoms with Gasteiger partial charge in [0.2, 0.25) is 5.88 Å². The average molecular weight is 278 g/mol. The average Bonchev–Trinajstić information content (AvgIpc) is 2.91. The van der Waals surface area contributed by atoms with Crippen LogP contribution in [0, 0.1) is 6.92 Å². The summed E-state index contributed by atoms with van der Waals surface area (Å²) in [5.74, 6) is 0.952. The van der Waals surface area contributed by atoms with Crippen LogP contribution in [0.5, 0.6) is 11.6 Å². The highest BCUT2D eigenvalue weighted by molar-refractivity contribution is 5.78. The van der Waals surface area contributed by atoms with E-state index in [4.69, 9.17) is 4.74 Å². The highest BCUT2D eigenvalue weighted by atomic mass is 16.5. The number of hydrogen-bond donors (Lipinski definition) is 0. The van der Waals surface area contributed by atoms with Crippen molar-refractivity contribution < 1.29 is 9.53 Å². The van der Waals surface area contributed by atoms with Crippen molar-refractivity contribution in [1.82, 2.24) is 9.78 Å². The van der Waals surface area contributed by atoms with Crippen molar-refractivity contribution in [2.24, 2.45) is 0 Å². The minimum Gasteiger partial charge on any atom is -0.437 e. The number of ether oxygens (including phenoxy) is 1. The van der Waals surface area contributed by atoms with Crippen molar-refractivity contribution in [3.8, 4) is 17.3 Å². The molecule has 0 spiro atoms. The molecule has 4 nitrogen and oxygen atoms in total. The Labute approximate surface area is 122 Å². The number of aryl methyl sites for hydroxylation is 1. The van der Waals surface area contributed by atoms with Crippen molar-refractivity contribution in [2.75, 3.05) is 0 Å². The fourth-order valence-corrected chi connectivity index (χ4v) is 2.03. The summed E-state index contributed by atoms with van der Waals surface area (Å²) in [6.45, 7) is 2.01. The number of rotatable bonds is 4. The largest absolute Gasteiger partial charge is 0.437 e. The van der Waals surface area contributed by atoms with Crippen LogP contribution in [-0.2, 0) is 0 Å². The Morgan fingerprint density at radius 3 is 2.62 bits per heavy atom. The first-order valence-corrected chi connectivity index (χ1v) is 6.61. The van der Waals surface area contributed by atoms with E-state index >= 15 is 0 Å². The molecule has 0 radical (unpaired) electrons. The number of carbonyl (C=O) groups excluding carboxylic acids is 1. The second kappa shape index (κ2) is 5.63. The summed E-state index contributed by atoms with van der Waals surface area (Å²) in [6, 6.07) is 17.2. The Hall–Kier alpha value is -2.88. The number of hydrogen-bond acceptors (Lipinski definition) is 3. The van der Waals surface area contributed by atoms with Crippen LogP contribution >= 0.6 is 0 Å². The van der Waals surface area contributed by atoms with Gasteiger partial charge in [0.1, 0.15) is 5.75 Å². The van der Waals surface area contributed by atoms with Gasteiger partial charge < -0.3 is 4.74 Å². The topological polar surface area (TPSA) is 44.1 Å². The van der Waals surface area contributed by atoms with E-state index in [1.807, 2.05) is 61.5 Å². The van der Waals surface area contributed by atoms with Crippen LogP contribution in [0.4, 0.5) is 0 Å². The van der Waals surface area contributed by atoms with Gasteiger partial charge in [-0.1, -0.05) is 30.3 Å². The van der Waals surface area contributed by atoms with Crippen molar-refractivity contribution in [1.29, 1.82) is 0 Å². The van der Waals surface area contributed by atoms with Crippen molar-refractivity contribution in [3.63, 3.8) is 0 Å². The minimum absolute atomic E-state index is 0.303. The first-order chi connectivity index (χ1) is 10.3. The number of benzene rings is 2. The third kappa shape index (κ3) is 2.84. The van der Waals surface area contributed by atoms with Gasteiger partial charge in [-0.2, -0.15) is 0 Å². The number of aldehydes is 1. The molecular formula is C17H14N2O2. The third-order valence-electron chi connectivity index (χ3n) is 3.06. The number of nitrogens with zero attached hydrogens (tertiary/aromatic N) is 2. The molecule has 0 unspecified atom stereocenters. The number of carbonyl (C=O) groups is 1. The first kappa shape index (κ1) is 13.1. The zero-order valence-corrected chi connectivity index (χ0v) is 11.6. The highest BCUT2D eigenvalue weighted by Gasteiger charge is 2.11. The lowest BCUT2D eigenvalue weighted by atomic mass is 10.2. The van der Waals surface area contributed by atoms with Crippen LogP contribution in [0.3, 0.4) is 0 Å². The molecule has 0 aliphatic carbocycles. The molecule has 21 heavy (non-hydrogen) atoms. The van der Waals surface area contributed by atoms with Gasteiger partial charge in [0.25, 0.3) is 0 Å². The maximum atomic E-state index is 11.2. The molecule has 2 aromatic carbocycles. The zero-order valence-electron chi connectivity index (χ0n) is 11.6. The van der Waals surface area contributed by atoms with E-state index < -0.39 is 0 Å². The summed E-state index contributed by atoms with van der Waals surface area (Å²) < 4.78 is 7.32. The van der Waals surface area contributed by atoms with E-state index in [0.717, 1.165) is 17.5 Å². The molecule has 0 saturated heterocycles. The van der Waals surface area contributed by atoms with Gasteiger partial charge in [0.15, 0.2) is 6.29 Å². The van der Waals surface area contributed by atoms with Crippen LogP contribution in [0.1, 0.15) is 15.9 Å². The molecule has 0 N–H and O–H groups in total. The predicted molar refractivity (Wildman–Crippen MR) is 80.2 cm³/mol. The summed E-state index contributed by atoms with van der Waals surface area (Å²) in [7, 11) is 0. The Kier molecular flexibility index (Phi) is 3.51. The van der Waals surface area contributed by atoms with Crippen LogP contribution in [0.2, 0.25) is 0 Å². The molecule has 104 valence electrons. The zero-order chi connectivity index (χ0) is 14.7. The SMILES string of the molecule is Cc1cccc(-n2cc(C=O)c(Oc3ccccc3)n2)c1. The third-order valence-corrected chi connectivity index (χ3v) is 3.06. The van der Waals surface area contributed by atoms with Gasteiger partial charge in [-0.3, -0.25) is 4.79 Å². The molecule has 0 fully saturated rings. The van der Waals surface area contributed by atoms with Gasteiger partial charge in [0, 0.05) is 6.20 Å². The molecule has 1 aromatic heterocycles. The fraction of sp³-hybridized carbons (Fsp3) is 0.0588. The van der Waals surface area contributed by atoms with Crippen molar-refractivity contribution >= 4 is 6.29 Å². The summed E-state index contributed by atoms with van der Waals surface area (Å²) >= 11 is 0. The quantitative estimate of drug-likeness (QED) is 0.682. The van der Waals surface area contributed by atoms with Crippen LogP contribution in [0.15, 0.2) is 60.8 Å². The summed E-state index contributed by atoms with van der Waals surface area (Å²) in [5, 5.41) is 4.35. The van der Waals surface area contributed by atoms with Crippen LogP contribution in [-0.4, -0.2) is 16.1 Å². The van der Waals surface area contributed by atoms with E-state index in [-0.39, 0.29) is 0 Å². The van der Waals surface area contributed by atoms with Gasteiger partial charge in [-0.05, 0) is 36.8 Å². The molecule has 0 bridgehead atoms. The highest BCUT2D eigenvalue weighted by Crippen LogP contribution is 2.23. The summed E-state index contributed by atoms with van der Waals surface area (Å²) in [4.78, 5) is 11.2. The second-order valence-electron chi connectivity index (χ2n) is 4.71. The lowest BCUT2D eigenvalue weighted by Gasteiger charge is -2.03. The smallest absolute Gasteiger partial charge is 0.249 e. The second-order valence-corrected chi connectivity index (χ2v) is 4.71. The van der Waals surface area contributed by atoms with Crippen molar-refractivity contribution in [3.05, 3.63) is 71.9 Å². The molecule has 0 amide bonds. The summed E-state index contributed by atoms with van der Waals surface area (Å²) in [6.07, 6.45) is 2.41. The molecular weight excluding hydrogens is 264 g/mol.